The number of hydrogen-bond acceptors (Lipinski definition) is 1. The molecule has 0 saturated carbocycles. The summed E-state index contributed by atoms with van der Waals surface area (Å²) in [4.78, 5) is 0. The van der Waals surface area contributed by atoms with E-state index >= 15 is 0 Å². The number of benzene rings is 1. The van der Waals surface area contributed by atoms with E-state index < -0.39 is 11.6 Å². The van der Waals surface area contributed by atoms with Gasteiger partial charge in [-0.3, -0.25) is 0 Å². The molecule has 20 heavy (non-hydrogen) atoms. The van der Waals surface area contributed by atoms with E-state index in [1.54, 1.807) is 4.52 Å². The summed E-state index contributed by atoms with van der Waals surface area (Å²) in [6.07, 6.45) is 1.83. The Kier molecular flexibility index (Phi) is 3.01. The predicted molar refractivity (Wildman–Crippen MR) is 74.6 cm³/mol. The fraction of sp³-hybridized carbons (Fsp3) is 0.188. The van der Waals surface area contributed by atoms with Gasteiger partial charge in [0.1, 0.15) is 11.6 Å². The Morgan fingerprint density at radius 3 is 2.40 bits per heavy atom. The minimum atomic E-state index is -0.579. The summed E-state index contributed by atoms with van der Waals surface area (Å²) in [6, 6.07) is 9.24. The van der Waals surface area contributed by atoms with Gasteiger partial charge in [0, 0.05) is 17.8 Å². The van der Waals surface area contributed by atoms with Gasteiger partial charge in [-0.05, 0) is 35.7 Å². The van der Waals surface area contributed by atoms with Crippen LogP contribution in [0.4, 0.5) is 8.78 Å². The van der Waals surface area contributed by atoms with Gasteiger partial charge in [-0.2, -0.15) is 5.10 Å². The average Bonchev–Trinajstić information content (AvgIpc) is 2.77. The van der Waals surface area contributed by atoms with Gasteiger partial charge in [0.25, 0.3) is 0 Å². The third kappa shape index (κ3) is 2.07. The van der Waals surface area contributed by atoms with Crippen LogP contribution in [0.2, 0.25) is 0 Å². The summed E-state index contributed by atoms with van der Waals surface area (Å²) in [5.41, 5.74) is 2.99. The van der Waals surface area contributed by atoms with Crippen molar-refractivity contribution >= 4 is 5.52 Å². The smallest absolute Gasteiger partial charge is 0.126 e. The maximum Gasteiger partial charge on any atom is 0.126 e. The normalized spacial score (nSPS) is 11.4. The van der Waals surface area contributed by atoms with Crippen molar-refractivity contribution in [1.82, 2.24) is 9.61 Å². The van der Waals surface area contributed by atoms with E-state index in [4.69, 9.17) is 0 Å². The summed E-state index contributed by atoms with van der Waals surface area (Å²) in [5, 5.41) is 4.52. The van der Waals surface area contributed by atoms with Gasteiger partial charge in [-0.25, -0.2) is 13.3 Å². The Balaban J connectivity index is 2.36. The summed E-state index contributed by atoms with van der Waals surface area (Å²) in [5.74, 6) is -0.994. The molecule has 0 saturated heterocycles. The molecule has 102 valence electrons. The lowest BCUT2D eigenvalue weighted by Crippen LogP contribution is -1.92. The highest BCUT2D eigenvalue weighted by Gasteiger charge is 2.18. The zero-order valence-electron chi connectivity index (χ0n) is 11.3. The quantitative estimate of drug-likeness (QED) is 0.675. The molecule has 0 atom stereocenters. The molecule has 0 aliphatic heterocycles. The average molecular weight is 272 g/mol. The summed E-state index contributed by atoms with van der Waals surface area (Å²) >= 11 is 0. The van der Waals surface area contributed by atoms with Crippen LogP contribution >= 0.6 is 0 Å². The Labute approximate surface area is 115 Å². The number of hydrogen-bond donors (Lipinski definition) is 0. The first-order valence-corrected chi connectivity index (χ1v) is 6.50. The first-order valence-electron chi connectivity index (χ1n) is 6.50. The second kappa shape index (κ2) is 4.71. The number of aromatic nitrogens is 2. The molecular formula is C16H14F2N2. The van der Waals surface area contributed by atoms with Crippen LogP contribution in [0.3, 0.4) is 0 Å². The highest BCUT2D eigenvalue weighted by atomic mass is 19.1. The molecular weight excluding hydrogens is 258 g/mol. The summed E-state index contributed by atoms with van der Waals surface area (Å²) in [6.45, 7) is 4.03. The minimum Gasteiger partial charge on any atom is -0.240 e. The predicted octanol–water partition coefficient (Wildman–Crippen LogP) is 4.40. The van der Waals surface area contributed by atoms with Crippen molar-refractivity contribution in [3.63, 3.8) is 0 Å². The van der Waals surface area contributed by atoms with Gasteiger partial charge in [0.2, 0.25) is 0 Å². The molecule has 0 aliphatic rings. The number of rotatable bonds is 2. The number of halogens is 2. The molecule has 2 heterocycles. The molecule has 4 heteroatoms. The highest BCUT2D eigenvalue weighted by Crippen LogP contribution is 2.33. The van der Waals surface area contributed by atoms with Crippen LogP contribution in [0.5, 0.6) is 0 Å². The lowest BCUT2D eigenvalue weighted by Gasteiger charge is -2.06. The van der Waals surface area contributed by atoms with Crippen LogP contribution in [-0.2, 0) is 0 Å². The number of fused-ring (bicyclic) bond motifs is 1. The molecule has 2 aromatic heterocycles. The van der Waals surface area contributed by atoms with Gasteiger partial charge in [0.15, 0.2) is 0 Å². The Bertz CT molecular complexity index is 755. The molecule has 0 N–H and O–H groups in total. The van der Waals surface area contributed by atoms with Crippen molar-refractivity contribution in [3.8, 4) is 11.1 Å². The lowest BCUT2D eigenvalue weighted by molar-refractivity contribution is 0.584. The first-order chi connectivity index (χ1) is 9.56. The zero-order chi connectivity index (χ0) is 14.3. The monoisotopic (exact) mass is 272 g/mol. The minimum absolute atomic E-state index is 0.163. The second-order valence-corrected chi connectivity index (χ2v) is 5.10. The van der Waals surface area contributed by atoms with Crippen LogP contribution in [0.15, 0.2) is 42.6 Å². The third-order valence-electron chi connectivity index (χ3n) is 3.27. The largest absolute Gasteiger partial charge is 0.240 e. The van der Waals surface area contributed by atoms with E-state index in [2.05, 4.69) is 5.10 Å². The summed E-state index contributed by atoms with van der Waals surface area (Å²) < 4.78 is 28.7. The molecule has 1 aromatic carbocycles. The van der Waals surface area contributed by atoms with E-state index in [1.807, 2.05) is 38.2 Å². The maximum absolute atomic E-state index is 13.5. The lowest BCUT2D eigenvalue weighted by atomic mass is 9.98. The molecule has 3 rings (SSSR count). The van der Waals surface area contributed by atoms with E-state index in [1.165, 1.54) is 12.1 Å². The fourth-order valence-corrected chi connectivity index (χ4v) is 2.42. The standard InChI is InChI=1S/C16H14F2N2/c1-10(2)16-15(11-7-12(17)9-13(18)8-11)14-5-3-4-6-20(14)19-16/h3-10H,1-2H3. The van der Waals surface area contributed by atoms with Crippen LogP contribution in [0.1, 0.15) is 25.5 Å². The van der Waals surface area contributed by atoms with E-state index in [9.17, 15) is 8.78 Å². The Morgan fingerprint density at radius 1 is 1.05 bits per heavy atom. The van der Waals surface area contributed by atoms with Gasteiger partial charge in [-0.1, -0.05) is 19.9 Å². The van der Waals surface area contributed by atoms with E-state index in [0.717, 1.165) is 22.8 Å². The van der Waals surface area contributed by atoms with E-state index in [-0.39, 0.29) is 5.92 Å². The van der Waals surface area contributed by atoms with Gasteiger partial charge in [0.05, 0.1) is 11.2 Å². The number of nitrogens with zero attached hydrogens (tertiary/aromatic N) is 2. The molecule has 0 fully saturated rings. The van der Waals surface area contributed by atoms with Crippen molar-refractivity contribution in [2.45, 2.75) is 19.8 Å². The van der Waals surface area contributed by atoms with Gasteiger partial charge >= 0.3 is 0 Å². The molecule has 2 nitrogen and oxygen atoms in total. The highest BCUT2D eigenvalue weighted by molar-refractivity contribution is 5.83. The van der Waals surface area contributed by atoms with Crippen molar-refractivity contribution in [3.05, 3.63) is 59.9 Å². The molecule has 0 amide bonds. The van der Waals surface area contributed by atoms with Gasteiger partial charge in [-0.15, -0.1) is 0 Å². The number of pyridine rings is 1. The zero-order valence-corrected chi connectivity index (χ0v) is 11.3. The summed E-state index contributed by atoms with van der Waals surface area (Å²) in [7, 11) is 0. The van der Waals surface area contributed by atoms with Crippen molar-refractivity contribution in [1.29, 1.82) is 0 Å². The topological polar surface area (TPSA) is 17.3 Å². The van der Waals surface area contributed by atoms with Crippen LogP contribution < -0.4 is 0 Å². The molecule has 0 bridgehead atoms. The molecule has 3 aromatic rings. The first kappa shape index (κ1) is 12.8. The molecule has 0 spiro atoms. The van der Waals surface area contributed by atoms with Crippen molar-refractivity contribution < 1.29 is 8.78 Å². The Hall–Kier alpha value is -2.23. The molecule has 0 radical (unpaired) electrons. The fourth-order valence-electron chi connectivity index (χ4n) is 2.42. The van der Waals surface area contributed by atoms with Crippen molar-refractivity contribution in [2.75, 3.05) is 0 Å². The second-order valence-electron chi connectivity index (χ2n) is 5.10. The Morgan fingerprint density at radius 2 is 1.75 bits per heavy atom. The van der Waals surface area contributed by atoms with Crippen LogP contribution in [0.25, 0.3) is 16.6 Å². The molecule has 0 aliphatic carbocycles. The molecule has 0 unspecified atom stereocenters. The van der Waals surface area contributed by atoms with Crippen molar-refractivity contribution in [2.24, 2.45) is 0 Å². The van der Waals surface area contributed by atoms with E-state index in [0.29, 0.717) is 5.56 Å². The van der Waals surface area contributed by atoms with Crippen LogP contribution in [0, 0.1) is 11.6 Å². The van der Waals surface area contributed by atoms with Gasteiger partial charge < -0.3 is 0 Å². The SMILES string of the molecule is CC(C)c1nn2ccccc2c1-c1cc(F)cc(F)c1. The third-order valence-corrected chi connectivity index (χ3v) is 3.27. The van der Waals surface area contributed by atoms with Crippen LogP contribution in [-0.4, -0.2) is 9.61 Å². The maximum atomic E-state index is 13.5.